The Kier molecular flexibility index (Phi) is 6.60. The SMILES string of the molecule is COc1ccc(N2CCN(c3ccc(NS(=O)(=O)c4cccc(F)c4)cc3C(=O)O)CC2)cc1. The highest BCUT2D eigenvalue weighted by Gasteiger charge is 2.23. The number of carboxylic acids is 1. The number of nitrogens with zero attached hydrogens (tertiary/aromatic N) is 2. The van der Waals surface area contributed by atoms with Gasteiger partial charge in [0.15, 0.2) is 0 Å². The zero-order valence-electron chi connectivity index (χ0n) is 18.4. The van der Waals surface area contributed by atoms with Crippen LogP contribution in [0.1, 0.15) is 10.4 Å². The number of anilines is 3. The van der Waals surface area contributed by atoms with Crippen LogP contribution in [0, 0.1) is 5.82 Å². The molecule has 3 aromatic rings. The number of hydrogen-bond donors (Lipinski definition) is 2. The molecule has 1 saturated heterocycles. The average molecular weight is 486 g/mol. The number of ether oxygens (including phenoxy) is 1. The number of piperazine rings is 1. The zero-order valence-corrected chi connectivity index (χ0v) is 19.3. The predicted octanol–water partition coefficient (Wildman–Crippen LogP) is 3.66. The van der Waals surface area contributed by atoms with Crippen molar-refractivity contribution in [3.8, 4) is 5.75 Å². The second-order valence-electron chi connectivity index (χ2n) is 7.77. The molecule has 1 aliphatic rings. The van der Waals surface area contributed by atoms with Gasteiger partial charge >= 0.3 is 5.97 Å². The molecule has 0 bridgehead atoms. The van der Waals surface area contributed by atoms with E-state index in [1.165, 1.54) is 24.3 Å². The van der Waals surface area contributed by atoms with E-state index in [-0.39, 0.29) is 16.1 Å². The molecule has 10 heteroatoms. The Morgan fingerprint density at radius 2 is 1.65 bits per heavy atom. The van der Waals surface area contributed by atoms with Gasteiger partial charge in [0, 0.05) is 37.6 Å². The normalized spacial score (nSPS) is 14.1. The van der Waals surface area contributed by atoms with Crippen LogP contribution in [-0.2, 0) is 10.0 Å². The molecule has 4 rings (SSSR count). The summed E-state index contributed by atoms with van der Waals surface area (Å²) < 4.78 is 46.1. The minimum absolute atomic E-state index is 0.0164. The van der Waals surface area contributed by atoms with Gasteiger partial charge in [0.2, 0.25) is 0 Å². The maximum atomic E-state index is 13.5. The van der Waals surface area contributed by atoms with Crippen molar-refractivity contribution in [1.82, 2.24) is 0 Å². The molecule has 0 unspecified atom stereocenters. The van der Waals surface area contributed by atoms with Gasteiger partial charge in [-0.2, -0.15) is 0 Å². The van der Waals surface area contributed by atoms with Crippen molar-refractivity contribution >= 4 is 33.1 Å². The van der Waals surface area contributed by atoms with Gasteiger partial charge in [0.1, 0.15) is 11.6 Å². The third-order valence-electron chi connectivity index (χ3n) is 5.64. The molecule has 0 amide bonds. The number of methoxy groups -OCH3 is 1. The van der Waals surface area contributed by atoms with E-state index in [0.717, 1.165) is 23.6 Å². The van der Waals surface area contributed by atoms with Gasteiger partial charge in [-0.15, -0.1) is 0 Å². The molecule has 0 saturated carbocycles. The fourth-order valence-electron chi connectivity index (χ4n) is 3.89. The van der Waals surface area contributed by atoms with Crippen molar-refractivity contribution < 1.29 is 27.4 Å². The van der Waals surface area contributed by atoms with Gasteiger partial charge in [0.05, 0.1) is 23.3 Å². The molecule has 1 aliphatic heterocycles. The van der Waals surface area contributed by atoms with Gasteiger partial charge in [-0.3, -0.25) is 4.72 Å². The summed E-state index contributed by atoms with van der Waals surface area (Å²) >= 11 is 0. The van der Waals surface area contributed by atoms with Crippen molar-refractivity contribution in [3.05, 3.63) is 78.1 Å². The van der Waals surface area contributed by atoms with E-state index in [1.54, 1.807) is 13.2 Å². The molecule has 0 radical (unpaired) electrons. The number of nitrogens with one attached hydrogen (secondary N) is 1. The average Bonchev–Trinajstić information content (AvgIpc) is 2.84. The second-order valence-corrected chi connectivity index (χ2v) is 9.45. The summed E-state index contributed by atoms with van der Waals surface area (Å²) in [6.45, 7) is 2.58. The molecule has 2 N–H and O–H groups in total. The highest BCUT2D eigenvalue weighted by molar-refractivity contribution is 7.92. The Morgan fingerprint density at radius 3 is 2.26 bits per heavy atom. The Balaban J connectivity index is 1.50. The molecule has 178 valence electrons. The van der Waals surface area contributed by atoms with Crippen LogP contribution in [0.4, 0.5) is 21.5 Å². The quantitative estimate of drug-likeness (QED) is 0.527. The fourth-order valence-corrected chi connectivity index (χ4v) is 4.97. The molecule has 34 heavy (non-hydrogen) atoms. The van der Waals surface area contributed by atoms with Crippen LogP contribution in [0.3, 0.4) is 0 Å². The van der Waals surface area contributed by atoms with E-state index in [2.05, 4.69) is 9.62 Å². The van der Waals surface area contributed by atoms with Crippen LogP contribution < -0.4 is 19.3 Å². The molecule has 0 aromatic heterocycles. The Labute approximate surface area is 197 Å². The lowest BCUT2D eigenvalue weighted by atomic mass is 10.1. The first kappa shape index (κ1) is 23.4. The molecule has 0 spiro atoms. The number of halogens is 1. The summed E-state index contributed by atoms with van der Waals surface area (Å²) in [7, 11) is -2.45. The molecular formula is C24H24FN3O5S. The first-order chi connectivity index (χ1) is 16.3. The zero-order chi connectivity index (χ0) is 24.3. The largest absolute Gasteiger partial charge is 0.497 e. The highest BCUT2D eigenvalue weighted by Crippen LogP contribution is 2.28. The number of carboxylic acid groups (broad SMARTS) is 1. The fraction of sp³-hybridized carbons (Fsp3) is 0.208. The summed E-state index contributed by atoms with van der Waals surface area (Å²) in [4.78, 5) is 15.9. The van der Waals surface area contributed by atoms with Crippen molar-refractivity contribution in [2.45, 2.75) is 4.90 Å². The van der Waals surface area contributed by atoms with Crippen LogP contribution in [0.25, 0.3) is 0 Å². The van der Waals surface area contributed by atoms with E-state index in [1.807, 2.05) is 29.2 Å². The van der Waals surface area contributed by atoms with Crippen LogP contribution in [-0.4, -0.2) is 52.8 Å². The van der Waals surface area contributed by atoms with Gasteiger partial charge in [-0.05, 0) is 60.7 Å². The summed E-state index contributed by atoms with van der Waals surface area (Å²) in [5.41, 5.74) is 1.64. The number of benzene rings is 3. The molecule has 1 heterocycles. The topological polar surface area (TPSA) is 99.2 Å². The Morgan fingerprint density at radius 1 is 0.971 bits per heavy atom. The molecule has 8 nitrogen and oxygen atoms in total. The van der Waals surface area contributed by atoms with Crippen LogP contribution in [0.2, 0.25) is 0 Å². The lowest BCUT2D eigenvalue weighted by Crippen LogP contribution is -2.47. The second kappa shape index (κ2) is 9.60. The summed E-state index contributed by atoms with van der Waals surface area (Å²) in [5.74, 6) is -1.07. The summed E-state index contributed by atoms with van der Waals surface area (Å²) in [5, 5.41) is 9.78. The van der Waals surface area contributed by atoms with E-state index in [4.69, 9.17) is 4.74 Å². The minimum Gasteiger partial charge on any atom is -0.497 e. The van der Waals surface area contributed by atoms with Crippen LogP contribution in [0.5, 0.6) is 5.75 Å². The number of sulfonamides is 1. The number of carbonyl (C=O) groups is 1. The first-order valence-electron chi connectivity index (χ1n) is 10.6. The van der Waals surface area contributed by atoms with Crippen molar-refractivity contribution in [2.24, 2.45) is 0 Å². The van der Waals surface area contributed by atoms with Gasteiger partial charge in [-0.1, -0.05) is 6.07 Å². The highest BCUT2D eigenvalue weighted by atomic mass is 32.2. The lowest BCUT2D eigenvalue weighted by Gasteiger charge is -2.38. The van der Waals surface area contributed by atoms with Gasteiger partial charge in [-0.25, -0.2) is 17.6 Å². The monoisotopic (exact) mass is 485 g/mol. The molecule has 3 aromatic carbocycles. The lowest BCUT2D eigenvalue weighted by molar-refractivity contribution is 0.0697. The number of rotatable bonds is 7. The van der Waals surface area contributed by atoms with Gasteiger partial charge < -0.3 is 19.6 Å². The summed E-state index contributed by atoms with van der Waals surface area (Å²) in [6, 6.07) is 16.7. The Bertz CT molecular complexity index is 1290. The summed E-state index contributed by atoms with van der Waals surface area (Å²) in [6.07, 6.45) is 0. The maximum absolute atomic E-state index is 13.5. The van der Waals surface area contributed by atoms with Crippen LogP contribution >= 0.6 is 0 Å². The standard InChI is InChI=1S/C24H24FN3O5S/c1-33-20-8-6-19(7-9-20)27-11-13-28(14-12-27)23-10-5-18(16-22(23)24(29)30)26-34(31,32)21-4-2-3-17(25)15-21/h2-10,15-16,26H,11-14H2,1H3,(H,29,30). The molecule has 0 atom stereocenters. The number of hydrogen-bond acceptors (Lipinski definition) is 6. The molecular weight excluding hydrogens is 461 g/mol. The van der Waals surface area contributed by atoms with E-state index in [0.29, 0.717) is 31.9 Å². The first-order valence-corrected chi connectivity index (χ1v) is 12.0. The Hall–Kier alpha value is -3.79. The van der Waals surface area contributed by atoms with Crippen molar-refractivity contribution in [1.29, 1.82) is 0 Å². The van der Waals surface area contributed by atoms with Gasteiger partial charge in [0.25, 0.3) is 10.0 Å². The minimum atomic E-state index is -4.07. The van der Waals surface area contributed by atoms with E-state index >= 15 is 0 Å². The third-order valence-corrected chi connectivity index (χ3v) is 7.02. The maximum Gasteiger partial charge on any atom is 0.337 e. The van der Waals surface area contributed by atoms with E-state index < -0.39 is 21.8 Å². The van der Waals surface area contributed by atoms with Crippen molar-refractivity contribution in [2.75, 3.05) is 47.8 Å². The number of aromatic carboxylic acids is 1. The smallest absolute Gasteiger partial charge is 0.337 e. The molecule has 1 fully saturated rings. The predicted molar refractivity (Wildman–Crippen MR) is 128 cm³/mol. The van der Waals surface area contributed by atoms with E-state index in [9.17, 15) is 22.7 Å². The third kappa shape index (κ3) is 5.07. The van der Waals surface area contributed by atoms with Crippen LogP contribution in [0.15, 0.2) is 71.6 Å². The van der Waals surface area contributed by atoms with Crippen molar-refractivity contribution in [3.63, 3.8) is 0 Å². The molecule has 0 aliphatic carbocycles.